The van der Waals surface area contributed by atoms with E-state index in [0.29, 0.717) is 11.4 Å². The van der Waals surface area contributed by atoms with E-state index in [9.17, 15) is 18.0 Å². The van der Waals surface area contributed by atoms with Gasteiger partial charge in [-0.2, -0.15) is 0 Å². The fourth-order valence-electron chi connectivity index (χ4n) is 4.48. The fraction of sp³-hybridized carbons (Fsp3) is 0.481. The zero-order valence-electron chi connectivity index (χ0n) is 21.9. The second kappa shape index (κ2) is 12.8. The van der Waals surface area contributed by atoms with Crippen molar-refractivity contribution in [3.63, 3.8) is 0 Å². The number of hydrogen-bond acceptors (Lipinski definition) is 5. The number of benzene rings is 2. The minimum absolute atomic E-state index is 0.0971. The second-order valence-corrected chi connectivity index (χ2v) is 12.4. The lowest BCUT2D eigenvalue weighted by molar-refractivity contribution is -0.139. The number of amides is 2. The number of sulfonamides is 1. The molecule has 1 saturated carbocycles. The van der Waals surface area contributed by atoms with Gasteiger partial charge in [0.15, 0.2) is 0 Å². The Morgan fingerprint density at radius 1 is 1.11 bits per heavy atom. The minimum atomic E-state index is -3.77. The standard InChI is InChI=1S/C27H36BrN3O5S/c1-19-16-23(12-15-25(19)28)31(37(4,34)35)18-26(32)30(17-21-10-13-24(36-3)14-11-21)20(2)27(33)29-22-8-6-5-7-9-22/h10-16,20,22H,5-9,17-18H2,1-4H3,(H,29,33). The molecule has 2 aromatic carbocycles. The van der Waals surface area contributed by atoms with Crippen LogP contribution in [0.3, 0.4) is 0 Å². The SMILES string of the molecule is COc1ccc(CN(C(=O)CN(c2ccc(Br)c(C)c2)S(C)(=O)=O)C(C)C(=O)NC2CCCCC2)cc1. The summed E-state index contributed by atoms with van der Waals surface area (Å²) < 4.78 is 32.6. The molecule has 1 unspecified atom stereocenters. The molecule has 0 spiro atoms. The van der Waals surface area contributed by atoms with Gasteiger partial charge in [0.1, 0.15) is 18.3 Å². The molecule has 2 aromatic rings. The van der Waals surface area contributed by atoms with E-state index in [0.717, 1.165) is 51.8 Å². The average molecular weight is 595 g/mol. The number of carbonyl (C=O) groups is 2. The molecule has 0 aliphatic heterocycles. The van der Waals surface area contributed by atoms with Crippen LogP contribution in [-0.4, -0.2) is 57.1 Å². The molecule has 1 fully saturated rings. The van der Waals surface area contributed by atoms with Crippen LogP contribution >= 0.6 is 15.9 Å². The number of carbonyl (C=O) groups excluding carboxylic acids is 2. The number of ether oxygens (including phenoxy) is 1. The van der Waals surface area contributed by atoms with Gasteiger partial charge in [0.25, 0.3) is 0 Å². The normalized spacial score (nSPS) is 15.1. The highest BCUT2D eigenvalue weighted by molar-refractivity contribution is 9.10. The molecule has 1 N–H and O–H groups in total. The van der Waals surface area contributed by atoms with E-state index in [1.165, 1.54) is 11.3 Å². The Balaban J connectivity index is 1.88. The summed E-state index contributed by atoms with van der Waals surface area (Å²) in [6.45, 7) is 3.27. The van der Waals surface area contributed by atoms with Crippen LogP contribution in [0, 0.1) is 6.92 Å². The highest BCUT2D eigenvalue weighted by atomic mass is 79.9. The Kier molecular flexibility index (Phi) is 10.0. The van der Waals surface area contributed by atoms with Gasteiger partial charge in [-0.25, -0.2) is 8.42 Å². The number of hydrogen-bond donors (Lipinski definition) is 1. The third kappa shape index (κ3) is 7.95. The highest BCUT2D eigenvalue weighted by Gasteiger charge is 2.31. The van der Waals surface area contributed by atoms with E-state index in [2.05, 4.69) is 21.2 Å². The molecule has 0 saturated heterocycles. The molecule has 10 heteroatoms. The van der Waals surface area contributed by atoms with Gasteiger partial charge in [-0.15, -0.1) is 0 Å². The van der Waals surface area contributed by atoms with Crippen LogP contribution in [0.25, 0.3) is 0 Å². The van der Waals surface area contributed by atoms with E-state index in [4.69, 9.17) is 4.74 Å². The molecule has 0 bridgehead atoms. The van der Waals surface area contributed by atoms with Gasteiger partial charge in [0.05, 0.1) is 19.1 Å². The lowest BCUT2D eigenvalue weighted by atomic mass is 9.95. The lowest BCUT2D eigenvalue weighted by Gasteiger charge is -2.33. The van der Waals surface area contributed by atoms with Crippen LogP contribution in [0.2, 0.25) is 0 Å². The smallest absolute Gasteiger partial charge is 0.244 e. The van der Waals surface area contributed by atoms with Gasteiger partial charge in [-0.3, -0.25) is 13.9 Å². The van der Waals surface area contributed by atoms with Gasteiger partial charge < -0.3 is 15.0 Å². The van der Waals surface area contributed by atoms with E-state index < -0.39 is 28.5 Å². The summed E-state index contributed by atoms with van der Waals surface area (Å²) in [5, 5.41) is 3.10. The van der Waals surface area contributed by atoms with Crippen LogP contribution in [0.4, 0.5) is 5.69 Å². The number of nitrogens with one attached hydrogen (secondary N) is 1. The first-order chi connectivity index (χ1) is 17.5. The largest absolute Gasteiger partial charge is 0.497 e. The molecular weight excluding hydrogens is 558 g/mol. The van der Waals surface area contributed by atoms with Crippen molar-refractivity contribution in [3.8, 4) is 5.75 Å². The Bertz CT molecular complexity index is 1200. The minimum Gasteiger partial charge on any atom is -0.497 e. The van der Waals surface area contributed by atoms with Crippen molar-refractivity contribution in [3.05, 3.63) is 58.1 Å². The molecule has 3 rings (SSSR count). The summed E-state index contributed by atoms with van der Waals surface area (Å²) in [5.74, 6) is -0.0224. The quantitative estimate of drug-likeness (QED) is 0.440. The summed E-state index contributed by atoms with van der Waals surface area (Å²) in [5.41, 5.74) is 2.03. The van der Waals surface area contributed by atoms with Crippen molar-refractivity contribution < 1.29 is 22.7 Å². The van der Waals surface area contributed by atoms with Crippen LogP contribution in [-0.2, 0) is 26.2 Å². The van der Waals surface area contributed by atoms with E-state index in [1.54, 1.807) is 44.4 Å². The molecule has 8 nitrogen and oxygen atoms in total. The van der Waals surface area contributed by atoms with Crippen molar-refractivity contribution in [1.82, 2.24) is 10.2 Å². The third-order valence-electron chi connectivity index (χ3n) is 6.74. The van der Waals surface area contributed by atoms with Crippen molar-refractivity contribution in [2.45, 2.75) is 64.6 Å². The number of anilines is 1. The first-order valence-electron chi connectivity index (χ1n) is 12.5. The molecule has 1 atom stereocenters. The molecule has 37 heavy (non-hydrogen) atoms. The van der Waals surface area contributed by atoms with Gasteiger partial charge in [-0.1, -0.05) is 47.3 Å². The van der Waals surface area contributed by atoms with Gasteiger partial charge >= 0.3 is 0 Å². The van der Waals surface area contributed by atoms with Crippen LogP contribution in [0.15, 0.2) is 46.9 Å². The average Bonchev–Trinajstić information content (AvgIpc) is 2.87. The zero-order chi connectivity index (χ0) is 27.2. The molecule has 2 amide bonds. The maximum atomic E-state index is 13.7. The molecule has 1 aliphatic rings. The van der Waals surface area contributed by atoms with E-state index in [-0.39, 0.29) is 18.5 Å². The predicted molar refractivity (Wildman–Crippen MR) is 149 cm³/mol. The van der Waals surface area contributed by atoms with E-state index in [1.807, 2.05) is 19.1 Å². The molecule has 0 radical (unpaired) electrons. The van der Waals surface area contributed by atoms with Crippen LogP contribution in [0.1, 0.15) is 50.2 Å². The van der Waals surface area contributed by atoms with Crippen molar-refractivity contribution in [2.75, 3.05) is 24.2 Å². The first kappa shape index (κ1) is 29.0. The monoisotopic (exact) mass is 593 g/mol. The Morgan fingerprint density at radius 3 is 2.32 bits per heavy atom. The Labute approximate surface area is 228 Å². The van der Waals surface area contributed by atoms with Gasteiger partial charge in [0, 0.05) is 17.1 Å². The third-order valence-corrected chi connectivity index (χ3v) is 8.77. The zero-order valence-corrected chi connectivity index (χ0v) is 24.3. The molecule has 0 aromatic heterocycles. The van der Waals surface area contributed by atoms with Crippen LogP contribution in [0.5, 0.6) is 5.75 Å². The Hall–Kier alpha value is -2.59. The molecule has 202 valence electrons. The second-order valence-electron chi connectivity index (χ2n) is 9.59. The van der Waals surface area contributed by atoms with Crippen molar-refractivity contribution >= 4 is 43.5 Å². The highest BCUT2D eigenvalue weighted by Crippen LogP contribution is 2.25. The maximum absolute atomic E-state index is 13.7. The fourth-order valence-corrected chi connectivity index (χ4v) is 5.56. The van der Waals surface area contributed by atoms with Crippen molar-refractivity contribution in [1.29, 1.82) is 0 Å². The summed E-state index contributed by atoms with van der Waals surface area (Å²) in [7, 11) is -2.20. The number of nitrogens with zero attached hydrogens (tertiary/aromatic N) is 2. The summed E-state index contributed by atoms with van der Waals surface area (Å²) in [4.78, 5) is 28.4. The van der Waals surface area contributed by atoms with Gasteiger partial charge in [0.2, 0.25) is 21.8 Å². The van der Waals surface area contributed by atoms with Crippen LogP contribution < -0.4 is 14.4 Å². The van der Waals surface area contributed by atoms with E-state index >= 15 is 0 Å². The topological polar surface area (TPSA) is 96.0 Å². The summed E-state index contributed by atoms with van der Waals surface area (Å²) >= 11 is 3.43. The molecular formula is C27H36BrN3O5S. The summed E-state index contributed by atoms with van der Waals surface area (Å²) in [6.07, 6.45) is 6.24. The van der Waals surface area contributed by atoms with Gasteiger partial charge in [-0.05, 0) is 68.1 Å². The maximum Gasteiger partial charge on any atom is 0.244 e. The lowest BCUT2D eigenvalue weighted by Crippen LogP contribution is -2.52. The number of rotatable bonds is 10. The number of halogens is 1. The molecule has 0 heterocycles. The number of methoxy groups -OCH3 is 1. The Morgan fingerprint density at radius 2 is 1.76 bits per heavy atom. The number of aryl methyl sites for hydroxylation is 1. The first-order valence-corrected chi connectivity index (χ1v) is 15.1. The molecule has 1 aliphatic carbocycles. The summed E-state index contributed by atoms with van der Waals surface area (Å²) in [6, 6.07) is 11.7. The van der Waals surface area contributed by atoms with Crippen molar-refractivity contribution in [2.24, 2.45) is 0 Å². The predicted octanol–water partition coefficient (Wildman–Crippen LogP) is 4.40.